The van der Waals surface area contributed by atoms with E-state index in [2.05, 4.69) is 13.5 Å². The molecule has 0 amide bonds. The first-order valence-electron chi connectivity index (χ1n) is 7.48. The monoisotopic (exact) mass is 303 g/mol. The van der Waals surface area contributed by atoms with Crippen molar-refractivity contribution in [2.24, 2.45) is 5.73 Å². The number of carbonyl (C=O) groups is 1. The Morgan fingerprint density at radius 1 is 1.05 bits per heavy atom. The molecule has 0 aromatic carbocycles. The van der Waals surface area contributed by atoms with Crippen molar-refractivity contribution in [3.8, 4) is 0 Å². The Hall–Kier alpha value is -0.950. The second kappa shape index (κ2) is 15.4. The molecule has 0 spiro atoms. The first-order chi connectivity index (χ1) is 10.2. The van der Waals surface area contributed by atoms with E-state index < -0.39 is 12.0 Å². The van der Waals surface area contributed by atoms with Crippen LogP contribution in [-0.2, 0) is 23.7 Å². The topological polar surface area (TPSA) is 80.0 Å². The van der Waals surface area contributed by atoms with Gasteiger partial charge in [0, 0.05) is 6.61 Å². The van der Waals surface area contributed by atoms with Gasteiger partial charge in [-0.05, 0) is 12.8 Å². The highest BCUT2D eigenvalue weighted by Crippen LogP contribution is 1.93. The lowest BCUT2D eigenvalue weighted by Crippen LogP contribution is -2.32. The van der Waals surface area contributed by atoms with Gasteiger partial charge in [-0.1, -0.05) is 19.4 Å². The molecular formula is C15H29NO5. The van der Waals surface area contributed by atoms with E-state index in [-0.39, 0.29) is 6.61 Å². The summed E-state index contributed by atoms with van der Waals surface area (Å²) in [7, 11) is 0. The molecule has 0 rings (SSSR count). The fraction of sp³-hybridized carbons (Fsp3) is 0.800. The van der Waals surface area contributed by atoms with E-state index >= 15 is 0 Å². The van der Waals surface area contributed by atoms with Gasteiger partial charge in [0.25, 0.3) is 0 Å². The molecular weight excluding hydrogens is 274 g/mol. The molecule has 0 saturated carbocycles. The molecule has 124 valence electrons. The summed E-state index contributed by atoms with van der Waals surface area (Å²) < 4.78 is 20.9. The van der Waals surface area contributed by atoms with Crippen molar-refractivity contribution < 1.29 is 23.7 Å². The molecule has 0 bridgehead atoms. The SMILES string of the molecule is C=CCC(N)C(=O)OCCOCCOCCOCCCC. The van der Waals surface area contributed by atoms with Gasteiger partial charge in [-0.3, -0.25) is 4.79 Å². The van der Waals surface area contributed by atoms with Crippen molar-refractivity contribution in [1.82, 2.24) is 0 Å². The van der Waals surface area contributed by atoms with Crippen LogP contribution in [0.15, 0.2) is 12.7 Å². The van der Waals surface area contributed by atoms with Crippen LogP contribution < -0.4 is 5.73 Å². The van der Waals surface area contributed by atoms with Crippen LogP contribution in [0.2, 0.25) is 0 Å². The van der Waals surface area contributed by atoms with Gasteiger partial charge in [0.2, 0.25) is 0 Å². The van der Waals surface area contributed by atoms with Gasteiger partial charge >= 0.3 is 5.97 Å². The Bertz CT molecular complexity index is 260. The minimum absolute atomic E-state index is 0.198. The quantitative estimate of drug-likeness (QED) is 0.279. The number of rotatable bonds is 15. The number of carbonyl (C=O) groups excluding carboxylic acids is 1. The molecule has 1 unspecified atom stereocenters. The largest absolute Gasteiger partial charge is 0.462 e. The average molecular weight is 303 g/mol. The van der Waals surface area contributed by atoms with Crippen molar-refractivity contribution in [3.63, 3.8) is 0 Å². The van der Waals surface area contributed by atoms with E-state index in [0.717, 1.165) is 19.4 Å². The van der Waals surface area contributed by atoms with Gasteiger partial charge < -0.3 is 24.7 Å². The summed E-state index contributed by atoms with van der Waals surface area (Å²) in [6.45, 7) is 9.10. The summed E-state index contributed by atoms with van der Waals surface area (Å²) in [5.74, 6) is -0.432. The molecule has 0 aromatic rings. The van der Waals surface area contributed by atoms with Crippen LogP contribution in [0.5, 0.6) is 0 Å². The lowest BCUT2D eigenvalue weighted by molar-refractivity contribution is -0.146. The van der Waals surface area contributed by atoms with Crippen LogP contribution in [0.1, 0.15) is 26.2 Å². The Kier molecular flexibility index (Phi) is 14.7. The van der Waals surface area contributed by atoms with E-state index in [1.165, 1.54) is 0 Å². The summed E-state index contributed by atoms with van der Waals surface area (Å²) in [5, 5.41) is 0. The molecule has 0 heterocycles. The standard InChI is InChI=1S/C15H29NO5/c1-3-5-7-18-8-9-19-10-11-20-12-13-21-15(17)14(16)6-4-2/h4,14H,2-3,5-13,16H2,1H3. The number of hydrogen-bond acceptors (Lipinski definition) is 6. The van der Waals surface area contributed by atoms with Crippen LogP contribution >= 0.6 is 0 Å². The molecule has 0 aliphatic heterocycles. The summed E-state index contributed by atoms with van der Waals surface area (Å²) in [6, 6.07) is -0.640. The van der Waals surface area contributed by atoms with Crippen LogP contribution in [0.4, 0.5) is 0 Å². The molecule has 1 atom stereocenters. The second-order valence-corrected chi connectivity index (χ2v) is 4.49. The number of hydrogen-bond donors (Lipinski definition) is 1. The molecule has 0 saturated heterocycles. The van der Waals surface area contributed by atoms with Gasteiger partial charge in [-0.15, -0.1) is 6.58 Å². The van der Waals surface area contributed by atoms with Crippen molar-refractivity contribution >= 4 is 5.97 Å². The molecule has 0 aliphatic carbocycles. The maximum absolute atomic E-state index is 11.3. The fourth-order valence-corrected chi connectivity index (χ4v) is 1.37. The average Bonchev–Trinajstić information content (AvgIpc) is 2.48. The molecule has 0 radical (unpaired) electrons. The third-order valence-electron chi connectivity index (χ3n) is 2.58. The molecule has 21 heavy (non-hydrogen) atoms. The van der Waals surface area contributed by atoms with Crippen molar-refractivity contribution in [3.05, 3.63) is 12.7 Å². The summed E-state index contributed by atoms with van der Waals surface area (Å²) in [6.07, 6.45) is 4.22. The first-order valence-corrected chi connectivity index (χ1v) is 7.48. The van der Waals surface area contributed by atoms with Crippen molar-refractivity contribution in [2.75, 3.05) is 46.2 Å². The maximum atomic E-state index is 11.3. The Morgan fingerprint density at radius 3 is 2.10 bits per heavy atom. The predicted molar refractivity (Wildman–Crippen MR) is 81.1 cm³/mol. The fourth-order valence-electron chi connectivity index (χ4n) is 1.37. The van der Waals surface area contributed by atoms with Gasteiger partial charge in [-0.2, -0.15) is 0 Å². The third-order valence-corrected chi connectivity index (χ3v) is 2.58. The Labute approximate surface area is 127 Å². The van der Waals surface area contributed by atoms with Crippen LogP contribution in [0, 0.1) is 0 Å². The summed E-state index contributed by atoms with van der Waals surface area (Å²) in [5.41, 5.74) is 5.55. The molecule has 6 heteroatoms. The van der Waals surface area contributed by atoms with Crippen LogP contribution in [-0.4, -0.2) is 58.3 Å². The first kappa shape index (κ1) is 20.1. The molecule has 2 N–H and O–H groups in total. The number of ether oxygens (including phenoxy) is 4. The van der Waals surface area contributed by atoms with Crippen LogP contribution in [0.3, 0.4) is 0 Å². The van der Waals surface area contributed by atoms with Gasteiger partial charge in [-0.25, -0.2) is 0 Å². The van der Waals surface area contributed by atoms with E-state index in [0.29, 0.717) is 39.5 Å². The highest BCUT2D eigenvalue weighted by atomic mass is 16.6. The lowest BCUT2D eigenvalue weighted by atomic mass is 10.2. The maximum Gasteiger partial charge on any atom is 0.323 e. The third kappa shape index (κ3) is 13.8. The predicted octanol–water partition coefficient (Wildman–Crippen LogP) is 1.28. The minimum atomic E-state index is -0.640. The van der Waals surface area contributed by atoms with Gasteiger partial charge in [0.05, 0.1) is 33.0 Å². The number of nitrogens with two attached hydrogens (primary N) is 1. The summed E-state index contributed by atoms with van der Waals surface area (Å²) >= 11 is 0. The van der Waals surface area contributed by atoms with Gasteiger partial charge in [0.1, 0.15) is 12.6 Å². The van der Waals surface area contributed by atoms with E-state index in [1.54, 1.807) is 6.08 Å². The molecule has 0 fully saturated rings. The zero-order chi connectivity index (χ0) is 15.8. The minimum Gasteiger partial charge on any atom is -0.462 e. The van der Waals surface area contributed by atoms with Crippen molar-refractivity contribution in [2.45, 2.75) is 32.2 Å². The van der Waals surface area contributed by atoms with E-state index in [1.807, 2.05) is 0 Å². The summed E-state index contributed by atoms with van der Waals surface area (Å²) in [4.78, 5) is 11.3. The number of esters is 1. The lowest BCUT2D eigenvalue weighted by Gasteiger charge is -2.10. The smallest absolute Gasteiger partial charge is 0.323 e. The Balaban J connectivity index is 3.18. The van der Waals surface area contributed by atoms with Crippen LogP contribution in [0.25, 0.3) is 0 Å². The zero-order valence-corrected chi connectivity index (χ0v) is 13.1. The van der Waals surface area contributed by atoms with E-state index in [9.17, 15) is 4.79 Å². The zero-order valence-electron chi connectivity index (χ0n) is 13.1. The van der Waals surface area contributed by atoms with Crippen molar-refractivity contribution in [1.29, 1.82) is 0 Å². The molecule has 0 aromatic heterocycles. The van der Waals surface area contributed by atoms with E-state index in [4.69, 9.17) is 24.7 Å². The normalized spacial score (nSPS) is 12.1. The second-order valence-electron chi connectivity index (χ2n) is 4.49. The highest BCUT2D eigenvalue weighted by molar-refractivity contribution is 5.75. The highest BCUT2D eigenvalue weighted by Gasteiger charge is 2.12. The van der Waals surface area contributed by atoms with Gasteiger partial charge in [0.15, 0.2) is 0 Å². The number of unbranched alkanes of at least 4 members (excludes halogenated alkanes) is 1. The molecule has 6 nitrogen and oxygen atoms in total. The molecule has 0 aliphatic rings. The Morgan fingerprint density at radius 2 is 1.57 bits per heavy atom.